The van der Waals surface area contributed by atoms with Crippen LogP contribution in [0.1, 0.15) is 44.9 Å². The van der Waals surface area contributed by atoms with Crippen LogP contribution in [0.5, 0.6) is 0 Å². The number of carboxylic acids is 1. The fourth-order valence-corrected chi connectivity index (χ4v) is 2.38. The van der Waals surface area contributed by atoms with Crippen LogP contribution in [0.4, 0.5) is 0 Å². The van der Waals surface area contributed by atoms with Crippen LogP contribution in [0.2, 0.25) is 0 Å². The SMILES string of the molecule is CC(C)n1ccc(C(=O)NCc2ccc(C(=O)O)s2)n1. The van der Waals surface area contributed by atoms with Crippen LogP contribution >= 0.6 is 11.3 Å². The van der Waals surface area contributed by atoms with Gasteiger partial charge in [-0.05, 0) is 32.0 Å². The molecule has 0 saturated heterocycles. The lowest BCUT2D eigenvalue weighted by Gasteiger charge is -2.04. The number of nitrogens with one attached hydrogen (secondary N) is 1. The zero-order chi connectivity index (χ0) is 14.7. The Morgan fingerprint density at radius 3 is 2.70 bits per heavy atom. The third-order valence-electron chi connectivity index (χ3n) is 2.67. The predicted molar refractivity (Wildman–Crippen MR) is 75.1 cm³/mol. The van der Waals surface area contributed by atoms with Crippen molar-refractivity contribution in [2.45, 2.75) is 26.4 Å². The minimum Gasteiger partial charge on any atom is -0.477 e. The number of hydrogen-bond donors (Lipinski definition) is 2. The minimum atomic E-state index is -0.955. The fourth-order valence-electron chi connectivity index (χ4n) is 1.59. The Kier molecular flexibility index (Phi) is 4.19. The summed E-state index contributed by atoms with van der Waals surface area (Å²) in [4.78, 5) is 23.7. The van der Waals surface area contributed by atoms with Crippen LogP contribution in [-0.2, 0) is 6.54 Å². The Morgan fingerprint density at radius 2 is 2.15 bits per heavy atom. The van der Waals surface area contributed by atoms with Crippen molar-refractivity contribution < 1.29 is 14.7 Å². The zero-order valence-electron chi connectivity index (χ0n) is 11.2. The Bertz CT molecular complexity index is 630. The van der Waals surface area contributed by atoms with Crippen molar-refractivity contribution in [1.82, 2.24) is 15.1 Å². The summed E-state index contributed by atoms with van der Waals surface area (Å²) in [5.74, 6) is -1.22. The molecule has 0 saturated carbocycles. The van der Waals surface area contributed by atoms with Crippen LogP contribution in [0, 0.1) is 0 Å². The van der Waals surface area contributed by atoms with Gasteiger partial charge in [0.1, 0.15) is 10.6 Å². The third-order valence-corrected chi connectivity index (χ3v) is 3.74. The average Bonchev–Trinajstić information content (AvgIpc) is 3.05. The van der Waals surface area contributed by atoms with E-state index in [4.69, 9.17) is 5.11 Å². The maximum atomic E-state index is 11.9. The number of nitrogens with zero attached hydrogens (tertiary/aromatic N) is 2. The molecule has 0 fully saturated rings. The second kappa shape index (κ2) is 5.87. The fraction of sp³-hybridized carbons (Fsp3) is 0.308. The maximum Gasteiger partial charge on any atom is 0.345 e. The van der Waals surface area contributed by atoms with Crippen LogP contribution < -0.4 is 5.32 Å². The Hall–Kier alpha value is -2.15. The molecular formula is C13H15N3O3S. The summed E-state index contributed by atoms with van der Waals surface area (Å²) in [6.45, 7) is 4.26. The first-order chi connectivity index (χ1) is 9.47. The molecule has 0 aliphatic carbocycles. The molecule has 0 bridgehead atoms. The van der Waals surface area contributed by atoms with E-state index in [1.807, 2.05) is 13.8 Å². The first-order valence-corrected chi connectivity index (χ1v) is 6.94. The standard InChI is InChI=1S/C13H15N3O3S/c1-8(2)16-6-5-10(15-16)12(17)14-7-9-3-4-11(20-9)13(18)19/h3-6,8H,7H2,1-2H3,(H,14,17)(H,18,19). The number of thiophene rings is 1. The van der Waals surface area contributed by atoms with E-state index in [0.29, 0.717) is 12.2 Å². The lowest BCUT2D eigenvalue weighted by atomic mass is 10.4. The Balaban J connectivity index is 1.95. The van der Waals surface area contributed by atoms with Gasteiger partial charge in [-0.2, -0.15) is 5.10 Å². The lowest BCUT2D eigenvalue weighted by molar-refractivity contribution is 0.0702. The summed E-state index contributed by atoms with van der Waals surface area (Å²) in [6.07, 6.45) is 1.76. The van der Waals surface area contributed by atoms with Crippen molar-refractivity contribution in [1.29, 1.82) is 0 Å². The van der Waals surface area contributed by atoms with Gasteiger partial charge in [0.05, 0.1) is 6.54 Å². The number of aromatic carboxylic acids is 1. The highest BCUT2D eigenvalue weighted by Crippen LogP contribution is 2.16. The molecule has 2 heterocycles. The van der Waals surface area contributed by atoms with Crippen molar-refractivity contribution in [2.24, 2.45) is 0 Å². The highest BCUT2D eigenvalue weighted by Gasteiger charge is 2.12. The van der Waals surface area contributed by atoms with Gasteiger partial charge in [0.15, 0.2) is 0 Å². The Morgan fingerprint density at radius 1 is 1.40 bits per heavy atom. The molecule has 2 aromatic rings. The van der Waals surface area contributed by atoms with E-state index in [0.717, 1.165) is 16.2 Å². The predicted octanol–water partition coefficient (Wildman–Crippen LogP) is 2.15. The molecule has 1 amide bonds. The van der Waals surface area contributed by atoms with Crippen molar-refractivity contribution in [3.63, 3.8) is 0 Å². The summed E-state index contributed by atoms with van der Waals surface area (Å²) in [5.41, 5.74) is 0.355. The monoisotopic (exact) mass is 293 g/mol. The molecule has 6 nitrogen and oxygen atoms in total. The smallest absolute Gasteiger partial charge is 0.345 e. The number of rotatable bonds is 5. The van der Waals surface area contributed by atoms with E-state index < -0.39 is 5.97 Å². The number of carbonyl (C=O) groups is 2. The van der Waals surface area contributed by atoms with Gasteiger partial charge in [-0.25, -0.2) is 4.79 Å². The van der Waals surface area contributed by atoms with E-state index in [9.17, 15) is 9.59 Å². The lowest BCUT2D eigenvalue weighted by Crippen LogP contribution is -2.23. The second-order valence-electron chi connectivity index (χ2n) is 4.53. The van der Waals surface area contributed by atoms with Crippen molar-refractivity contribution >= 4 is 23.2 Å². The Labute approximate surface area is 120 Å². The van der Waals surface area contributed by atoms with Gasteiger partial charge in [0.2, 0.25) is 0 Å². The minimum absolute atomic E-state index is 0.201. The van der Waals surface area contributed by atoms with Crippen molar-refractivity contribution in [3.8, 4) is 0 Å². The average molecular weight is 293 g/mol. The maximum absolute atomic E-state index is 11.9. The molecule has 2 aromatic heterocycles. The van der Waals surface area contributed by atoms with Gasteiger partial charge >= 0.3 is 5.97 Å². The first kappa shape index (κ1) is 14.3. The third kappa shape index (κ3) is 3.24. The molecule has 2 N–H and O–H groups in total. The molecule has 0 aromatic carbocycles. The summed E-state index contributed by atoms with van der Waals surface area (Å²) in [7, 11) is 0. The summed E-state index contributed by atoms with van der Waals surface area (Å²) < 4.78 is 1.71. The van der Waals surface area contributed by atoms with Gasteiger partial charge in [-0.15, -0.1) is 11.3 Å². The molecule has 7 heteroatoms. The molecule has 0 aliphatic heterocycles. The van der Waals surface area contributed by atoms with Gasteiger partial charge in [0, 0.05) is 17.1 Å². The van der Waals surface area contributed by atoms with E-state index in [1.54, 1.807) is 23.0 Å². The normalized spacial score (nSPS) is 10.8. The number of amides is 1. The molecule has 0 spiro atoms. The van der Waals surface area contributed by atoms with Crippen LogP contribution in [-0.4, -0.2) is 26.8 Å². The van der Waals surface area contributed by atoms with Crippen molar-refractivity contribution in [2.75, 3.05) is 0 Å². The molecular weight excluding hydrogens is 278 g/mol. The molecule has 0 aliphatic rings. The van der Waals surface area contributed by atoms with E-state index in [-0.39, 0.29) is 16.8 Å². The molecule has 2 rings (SSSR count). The van der Waals surface area contributed by atoms with Gasteiger partial charge in [-0.3, -0.25) is 9.48 Å². The van der Waals surface area contributed by atoms with Crippen LogP contribution in [0.3, 0.4) is 0 Å². The van der Waals surface area contributed by atoms with Crippen LogP contribution in [0.25, 0.3) is 0 Å². The van der Waals surface area contributed by atoms with Gasteiger partial charge < -0.3 is 10.4 Å². The topological polar surface area (TPSA) is 84.2 Å². The second-order valence-corrected chi connectivity index (χ2v) is 5.70. The van der Waals surface area contributed by atoms with Gasteiger partial charge in [0.25, 0.3) is 5.91 Å². The summed E-state index contributed by atoms with van der Waals surface area (Å²) in [6, 6.07) is 5.09. The summed E-state index contributed by atoms with van der Waals surface area (Å²) >= 11 is 1.15. The van der Waals surface area contributed by atoms with E-state index in [2.05, 4.69) is 10.4 Å². The van der Waals surface area contributed by atoms with E-state index >= 15 is 0 Å². The zero-order valence-corrected chi connectivity index (χ0v) is 12.0. The van der Waals surface area contributed by atoms with Crippen LogP contribution in [0.15, 0.2) is 24.4 Å². The quantitative estimate of drug-likeness (QED) is 0.884. The highest BCUT2D eigenvalue weighted by molar-refractivity contribution is 7.13. The largest absolute Gasteiger partial charge is 0.477 e. The number of hydrogen-bond acceptors (Lipinski definition) is 4. The van der Waals surface area contributed by atoms with E-state index in [1.165, 1.54) is 6.07 Å². The number of aromatic nitrogens is 2. The molecule has 0 unspecified atom stereocenters. The molecule has 106 valence electrons. The number of carbonyl (C=O) groups excluding carboxylic acids is 1. The van der Waals surface area contributed by atoms with Crippen molar-refractivity contribution in [3.05, 3.63) is 39.8 Å². The number of carboxylic acid groups (broad SMARTS) is 1. The molecule has 0 atom stereocenters. The first-order valence-electron chi connectivity index (χ1n) is 6.12. The van der Waals surface area contributed by atoms with Gasteiger partial charge in [-0.1, -0.05) is 0 Å². The molecule has 0 radical (unpaired) electrons. The highest BCUT2D eigenvalue weighted by atomic mass is 32.1. The molecule has 20 heavy (non-hydrogen) atoms. The summed E-state index contributed by atoms with van der Waals surface area (Å²) in [5, 5.41) is 15.7.